The Bertz CT molecular complexity index is 763. The molecule has 0 unspecified atom stereocenters. The Kier molecular flexibility index (Phi) is 5.54. The lowest BCUT2D eigenvalue weighted by molar-refractivity contribution is -0.155. The predicted octanol–water partition coefficient (Wildman–Crippen LogP) is 2.22. The van der Waals surface area contributed by atoms with Crippen molar-refractivity contribution in [3.63, 3.8) is 0 Å². The molecule has 3 rings (SSSR count). The minimum Gasteiger partial charge on any atom is -0.454 e. The number of hydrogen-bond acceptors (Lipinski definition) is 6. The maximum Gasteiger partial charge on any atom is 0.387 e. The van der Waals surface area contributed by atoms with E-state index in [-0.39, 0.29) is 17.3 Å². The molecule has 2 aliphatic rings. The van der Waals surface area contributed by atoms with Gasteiger partial charge in [0, 0.05) is 12.2 Å². The van der Waals surface area contributed by atoms with Gasteiger partial charge in [0.2, 0.25) is 5.91 Å². The first-order valence-corrected chi connectivity index (χ1v) is 9.25. The van der Waals surface area contributed by atoms with Crippen molar-refractivity contribution >= 4 is 35.2 Å². The highest BCUT2D eigenvalue weighted by molar-refractivity contribution is 8.01. The minimum atomic E-state index is -3.03. The van der Waals surface area contributed by atoms with E-state index >= 15 is 0 Å². The Morgan fingerprint density at radius 1 is 1.41 bits per heavy atom. The summed E-state index contributed by atoms with van der Waals surface area (Å²) in [4.78, 5) is 37.5. The second-order valence-corrected chi connectivity index (χ2v) is 7.80. The zero-order valence-corrected chi connectivity index (χ0v) is 15.3. The molecule has 146 valence electrons. The number of fused-ring (bicyclic) bond motifs is 1. The smallest absolute Gasteiger partial charge is 0.387 e. The van der Waals surface area contributed by atoms with Crippen LogP contribution in [0.5, 0.6) is 5.75 Å². The number of alkyl halides is 2. The van der Waals surface area contributed by atoms with Crippen LogP contribution < -0.4 is 10.1 Å². The number of hydrogen-bond donors (Lipinski definition) is 1. The maximum atomic E-state index is 12.4. The van der Waals surface area contributed by atoms with E-state index in [1.165, 1.54) is 40.9 Å². The summed E-state index contributed by atoms with van der Waals surface area (Å²) in [5, 5.41) is 2.36. The van der Waals surface area contributed by atoms with Gasteiger partial charge >= 0.3 is 12.6 Å². The third-order valence-corrected chi connectivity index (χ3v) is 5.94. The number of benzene rings is 1. The van der Waals surface area contributed by atoms with Crippen LogP contribution in [0.3, 0.4) is 0 Å². The van der Waals surface area contributed by atoms with Crippen molar-refractivity contribution in [1.29, 1.82) is 0 Å². The molecule has 2 amide bonds. The highest BCUT2D eigenvalue weighted by Crippen LogP contribution is 2.47. The zero-order chi connectivity index (χ0) is 19.6. The van der Waals surface area contributed by atoms with E-state index in [4.69, 9.17) is 4.74 Å². The predicted molar refractivity (Wildman–Crippen MR) is 93.4 cm³/mol. The average Bonchev–Trinajstić information content (AvgIpc) is 3.10. The normalized spacial score (nSPS) is 24.1. The second-order valence-electron chi connectivity index (χ2n) is 6.30. The lowest BCUT2D eigenvalue weighted by atomic mass is 10.2. The molecule has 2 atom stereocenters. The number of amides is 2. The largest absolute Gasteiger partial charge is 0.454 e. The van der Waals surface area contributed by atoms with Crippen LogP contribution in [0.2, 0.25) is 0 Å². The number of para-hydroxylation sites is 2. The number of carbonyl (C=O) groups is 3. The summed E-state index contributed by atoms with van der Waals surface area (Å²) in [5.74, 6) is -1.25. The summed E-state index contributed by atoms with van der Waals surface area (Å²) < 4.78 is 34.1. The molecule has 2 fully saturated rings. The summed E-state index contributed by atoms with van der Waals surface area (Å²) >= 11 is 1.52. The lowest BCUT2D eigenvalue weighted by Crippen LogP contribution is -2.47. The number of ether oxygens (including phenoxy) is 2. The fourth-order valence-corrected chi connectivity index (χ4v) is 4.60. The summed E-state index contributed by atoms with van der Waals surface area (Å²) in [6.07, 6.45) is 1.05. The Balaban J connectivity index is 1.56. The quantitative estimate of drug-likeness (QED) is 0.737. The Labute approximate surface area is 158 Å². The van der Waals surface area contributed by atoms with Gasteiger partial charge in [-0.15, -0.1) is 11.8 Å². The Morgan fingerprint density at radius 2 is 2.15 bits per heavy atom. The molecule has 0 bridgehead atoms. The SMILES string of the molecule is C[C@]12CCC(=O)N1[C@@H](C(=O)OCC(=O)Nc1ccccc1OC(F)F)CS2. The molecule has 1 aromatic carbocycles. The van der Waals surface area contributed by atoms with Gasteiger partial charge in [0.15, 0.2) is 6.61 Å². The van der Waals surface area contributed by atoms with Crippen LogP contribution in [0.15, 0.2) is 24.3 Å². The summed E-state index contributed by atoms with van der Waals surface area (Å²) in [5.41, 5.74) is 0.0394. The van der Waals surface area contributed by atoms with E-state index in [2.05, 4.69) is 10.1 Å². The molecule has 0 spiro atoms. The third-order valence-electron chi connectivity index (χ3n) is 4.44. The molecule has 27 heavy (non-hydrogen) atoms. The molecular weight excluding hydrogens is 382 g/mol. The van der Waals surface area contributed by atoms with Gasteiger partial charge in [-0.05, 0) is 25.5 Å². The van der Waals surface area contributed by atoms with Gasteiger partial charge in [0.05, 0.1) is 10.6 Å². The Morgan fingerprint density at radius 3 is 2.89 bits per heavy atom. The molecule has 1 N–H and O–H groups in total. The van der Waals surface area contributed by atoms with Crippen molar-refractivity contribution in [3.8, 4) is 5.75 Å². The first-order valence-electron chi connectivity index (χ1n) is 8.26. The fraction of sp³-hybridized carbons (Fsp3) is 0.471. The number of thioether (sulfide) groups is 1. The van der Waals surface area contributed by atoms with Crippen LogP contribution in [0.25, 0.3) is 0 Å². The van der Waals surface area contributed by atoms with Crippen LogP contribution >= 0.6 is 11.8 Å². The summed E-state index contributed by atoms with van der Waals surface area (Å²) in [6, 6.07) is 4.96. The van der Waals surface area contributed by atoms with Crippen LogP contribution in [0, 0.1) is 0 Å². The maximum absolute atomic E-state index is 12.4. The van der Waals surface area contributed by atoms with Crippen molar-refractivity contribution in [2.24, 2.45) is 0 Å². The van der Waals surface area contributed by atoms with Crippen molar-refractivity contribution in [2.75, 3.05) is 17.7 Å². The molecule has 2 saturated heterocycles. The third kappa shape index (κ3) is 4.15. The van der Waals surface area contributed by atoms with Crippen molar-refractivity contribution in [2.45, 2.75) is 37.3 Å². The molecular formula is C17H18F2N2O5S. The second kappa shape index (κ2) is 7.71. The minimum absolute atomic E-state index is 0.0394. The lowest BCUT2D eigenvalue weighted by Gasteiger charge is -2.29. The fourth-order valence-electron chi connectivity index (χ4n) is 3.18. The van der Waals surface area contributed by atoms with E-state index in [0.29, 0.717) is 18.6 Å². The first-order chi connectivity index (χ1) is 12.8. The molecule has 7 nitrogen and oxygen atoms in total. The zero-order valence-electron chi connectivity index (χ0n) is 14.4. The van der Waals surface area contributed by atoms with Gasteiger partial charge in [0.25, 0.3) is 5.91 Å². The molecule has 0 saturated carbocycles. The molecule has 2 heterocycles. The topological polar surface area (TPSA) is 84.9 Å². The van der Waals surface area contributed by atoms with Crippen LogP contribution in [0.1, 0.15) is 19.8 Å². The van der Waals surface area contributed by atoms with Gasteiger partial charge in [-0.2, -0.15) is 8.78 Å². The molecule has 10 heteroatoms. The first kappa shape index (κ1) is 19.4. The van der Waals surface area contributed by atoms with E-state index in [1.807, 2.05) is 6.92 Å². The highest BCUT2D eigenvalue weighted by atomic mass is 32.2. The molecule has 2 aliphatic heterocycles. The van der Waals surface area contributed by atoms with Gasteiger partial charge in [-0.3, -0.25) is 9.59 Å². The van der Waals surface area contributed by atoms with Crippen molar-refractivity contribution < 1.29 is 32.6 Å². The monoisotopic (exact) mass is 400 g/mol. The van der Waals surface area contributed by atoms with Crippen LogP contribution in [-0.4, -0.2) is 52.6 Å². The molecule has 0 aliphatic carbocycles. The Hall–Kier alpha value is -2.36. The number of esters is 1. The standard InChI is InChI=1S/C17H18F2N2O5S/c1-17-7-6-14(23)21(17)11(9-27-17)15(24)25-8-13(22)20-10-4-2-3-5-12(10)26-16(18)19/h2-5,11,16H,6-9H2,1H3,(H,20,22)/t11-,17+/m1/s1. The van der Waals surface area contributed by atoms with E-state index in [1.54, 1.807) is 0 Å². The van der Waals surface area contributed by atoms with Gasteiger partial charge in [0.1, 0.15) is 11.8 Å². The number of halogens is 2. The summed E-state index contributed by atoms with van der Waals surface area (Å²) in [7, 11) is 0. The summed E-state index contributed by atoms with van der Waals surface area (Å²) in [6.45, 7) is -1.72. The van der Waals surface area contributed by atoms with Gasteiger partial charge in [-0.25, -0.2) is 4.79 Å². The van der Waals surface area contributed by atoms with E-state index in [0.717, 1.165) is 0 Å². The van der Waals surface area contributed by atoms with Crippen molar-refractivity contribution in [3.05, 3.63) is 24.3 Å². The number of nitrogens with one attached hydrogen (secondary N) is 1. The van der Waals surface area contributed by atoms with Crippen LogP contribution in [0.4, 0.5) is 14.5 Å². The molecule has 0 aromatic heterocycles. The van der Waals surface area contributed by atoms with Crippen molar-refractivity contribution in [1.82, 2.24) is 4.90 Å². The van der Waals surface area contributed by atoms with Gasteiger partial charge < -0.3 is 19.7 Å². The average molecular weight is 400 g/mol. The highest BCUT2D eigenvalue weighted by Gasteiger charge is 2.53. The van der Waals surface area contributed by atoms with Gasteiger partial charge in [-0.1, -0.05) is 12.1 Å². The number of anilines is 1. The van der Waals surface area contributed by atoms with E-state index in [9.17, 15) is 23.2 Å². The van der Waals surface area contributed by atoms with Crippen LogP contribution in [-0.2, 0) is 19.1 Å². The molecule has 0 radical (unpaired) electrons. The number of nitrogens with zero attached hydrogens (tertiary/aromatic N) is 1. The molecule has 1 aromatic rings. The van der Waals surface area contributed by atoms with E-state index < -0.39 is 36.0 Å². The number of rotatable bonds is 6. The number of carbonyl (C=O) groups excluding carboxylic acids is 3.